The van der Waals surface area contributed by atoms with Crippen LogP contribution in [0.25, 0.3) is 0 Å². The highest BCUT2D eigenvalue weighted by molar-refractivity contribution is 4.91. The van der Waals surface area contributed by atoms with Gasteiger partial charge < -0.3 is 10.6 Å². The first-order chi connectivity index (χ1) is 6.35. The summed E-state index contributed by atoms with van der Waals surface area (Å²) in [7, 11) is 0. The fourth-order valence-electron chi connectivity index (χ4n) is 2.44. The molecular weight excluding hydrogens is 160 g/mol. The first kappa shape index (κ1) is 9.47. The molecule has 0 aromatic heterocycles. The Morgan fingerprint density at radius 2 is 2.00 bits per heavy atom. The molecule has 76 valence electrons. The van der Waals surface area contributed by atoms with Crippen LogP contribution in [0.1, 0.15) is 32.6 Å². The van der Waals surface area contributed by atoms with Crippen LogP contribution in [0.15, 0.2) is 0 Å². The molecule has 0 radical (unpaired) electrons. The summed E-state index contributed by atoms with van der Waals surface area (Å²) < 4.78 is 0. The molecule has 13 heavy (non-hydrogen) atoms. The van der Waals surface area contributed by atoms with E-state index < -0.39 is 0 Å². The summed E-state index contributed by atoms with van der Waals surface area (Å²) in [6, 6.07) is 0.829. The van der Waals surface area contributed by atoms with E-state index in [4.69, 9.17) is 5.73 Å². The highest BCUT2D eigenvalue weighted by Gasteiger charge is 2.36. The zero-order chi connectivity index (χ0) is 9.26. The first-order valence-corrected chi connectivity index (χ1v) is 5.79. The highest BCUT2D eigenvalue weighted by Crippen LogP contribution is 2.35. The molecule has 2 aliphatic carbocycles. The van der Waals surface area contributed by atoms with Gasteiger partial charge in [-0.15, -0.1) is 0 Å². The number of nitrogens with two attached hydrogens (primary N) is 1. The summed E-state index contributed by atoms with van der Waals surface area (Å²) in [4.78, 5) is 2.67. The second-order valence-corrected chi connectivity index (χ2v) is 4.67. The maximum atomic E-state index is 5.74. The van der Waals surface area contributed by atoms with E-state index in [9.17, 15) is 0 Å². The molecule has 2 aliphatic rings. The zero-order valence-corrected chi connectivity index (χ0v) is 8.71. The van der Waals surface area contributed by atoms with Crippen LogP contribution < -0.4 is 5.73 Å². The van der Waals surface area contributed by atoms with Crippen molar-refractivity contribution in [1.82, 2.24) is 4.90 Å². The van der Waals surface area contributed by atoms with Gasteiger partial charge in [-0.1, -0.05) is 6.92 Å². The normalized spacial score (nSPS) is 33.5. The summed E-state index contributed by atoms with van der Waals surface area (Å²) in [5, 5.41) is 0. The Hall–Kier alpha value is -0.0800. The van der Waals surface area contributed by atoms with Gasteiger partial charge in [-0.2, -0.15) is 0 Å². The van der Waals surface area contributed by atoms with Crippen LogP contribution in [-0.4, -0.2) is 30.6 Å². The van der Waals surface area contributed by atoms with Gasteiger partial charge in [0, 0.05) is 12.6 Å². The Kier molecular flexibility index (Phi) is 2.89. The average molecular weight is 182 g/mol. The van der Waals surface area contributed by atoms with Gasteiger partial charge in [0.05, 0.1) is 0 Å². The molecule has 0 saturated heterocycles. The molecule has 2 saturated carbocycles. The van der Waals surface area contributed by atoms with Crippen molar-refractivity contribution in [2.45, 2.75) is 38.6 Å². The van der Waals surface area contributed by atoms with Crippen LogP contribution in [0.5, 0.6) is 0 Å². The predicted molar refractivity (Wildman–Crippen MR) is 55.5 cm³/mol. The van der Waals surface area contributed by atoms with Crippen molar-refractivity contribution in [3.63, 3.8) is 0 Å². The van der Waals surface area contributed by atoms with E-state index in [1.54, 1.807) is 0 Å². The van der Waals surface area contributed by atoms with Crippen molar-refractivity contribution in [3.05, 3.63) is 0 Å². The third-order valence-electron chi connectivity index (χ3n) is 3.74. The maximum Gasteiger partial charge on any atom is 0.0136 e. The van der Waals surface area contributed by atoms with E-state index in [0.717, 1.165) is 24.4 Å². The van der Waals surface area contributed by atoms with E-state index in [2.05, 4.69) is 11.8 Å². The Balaban J connectivity index is 1.80. The quantitative estimate of drug-likeness (QED) is 0.697. The summed E-state index contributed by atoms with van der Waals surface area (Å²) in [5.74, 6) is 1.83. The standard InChI is InChI=1S/C11H22N2/c1-2-13(8-9-3-4-9)11-6-5-10(11)7-12/h9-11H,2-8,12H2,1H3. The van der Waals surface area contributed by atoms with E-state index >= 15 is 0 Å². The third-order valence-corrected chi connectivity index (χ3v) is 3.74. The lowest BCUT2D eigenvalue weighted by Crippen LogP contribution is -2.50. The summed E-state index contributed by atoms with van der Waals surface area (Å²) in [5.41, 5.74) is 5.74. The van der Waals surface area contributed by atoms with E-state index in [1.807, 2.05) is 0 Å². The molecule has 0 bridgehead atoms. The number of hydrogen-bond donors (Lipinski definition) is 1. The lowest BCUT2D eigenvalue weighted by atomic mass is 9.78. The Morgan fingerprint density at radius 3 is 2.38 bits per heavy atom. The zero-order valence-electron chi connectivity index (χ0n) is 8.71. The number of hydrogen-bond acceptors (Lipinski definition) is 2. The van der Waals surface area contributed by atoms with Crippen LogP contribution in [0, 0.1) is 11.8 Å². The molecule has 2 atom stereocenters. The van der Waals surface area contributed by atoms with Crippen molar-refractivity contribution in [3.8, 4) is 0 Å². The molecular formula is C11H22N2. The molecule has 0 heterocycles. The van der Waals surface area contributed by atoms with Crippen LogP contribution in [0.4, 0.5) is 0 Å². The molecule has 2 heteroatoms. The fraction of sp³-hybridized carbons (Fsp3) is 1.00. The monoisotopic (exact) mass is 182 g/mol. The number of rotatable bonds is 5. The van der Waals surface area contributed by atoms with E-state index in [-0.39, 0.29) is 0 Å². The van der Waals surface area contributed by atoms with Gasteiger partial charge in [-0.25, -0.2) is 0 Å². The largest absolute Gasteiger partial charge is 0.330 e. The molecule has 2 nitrogen and oxygen atoms in total. The molecule has 0 aromatic rings. The summed E-state index contributed by atoms with van der Waals surface area (Å²) in [6.45, 7) is 5.75. The van der Waals surface area contributed by atoms with Crippen molar-refractivity contribution >= 4 is 0 Å². The number of nitrogens with zero attached hydrogens (tertiary/aromatic N) is 1. The second kappa shape index (κ2) is 3.97. The van der Waals surface area contributed by atoms with Gasteiger partial charge in [-0.05, 0) is 50.6 Å². The summed E-state index contributed by atoms with van der Waals surface area (Å²) >= 11 is 0. The van der Waals surface area contributed by atoms with Crippen LogP contribution in [-0.2, 0) is 0 Å². The summed E-state index contributed by atoms with van der Waals surface area (Å²) in [6.07, 6.45) is 5.69. The second-order valence-electron chi connectivity index (χ2n) is 4.67. The van der Waals surface area contributed by atoms with Crippen molar-refractivity contribution < 1.29 is 0 Å². The van der Waals surface area contributed by atoms with Gasteiger partial charge in [0.2, 0.25) is 0 Å². The minimum Gasteiger partial charge on any atom is -0.330 e. The fourth-order valence-corrected chi connectivity index (χ4v) is 2.44. The molecule has 0 amide bonds. The molecule has 0 aliphatic heterocycles. The van der Waals surface area contributed by atoms with Crippen molar-refractivity contribution in [1.29, 1.82) is 0 Å². The SMILES string of the molecule is CCN(CC1CC1)C1CCC1CN. The lowest BCUT2D eigenvalue weighted by molar-refractivity contribution is 0.0672. The highest BCUT2D eigenvalue weighted by atomic mass is 15.2. The Labute approximate surface area is 81.5 Å². The van der Waals surface area contributed by atoms with Crippen molar-refractivity contribution in [2.75, 3.05) is 19.6 Å². The van der Waals surface area contributed by atoms with Crippen LogP contribution in [0.2, 0.25) is 0 Å². The first-order valence-electron chi connectivity index (χ1n) is 5.79. The van der Waals surface area contributed by atoms with Crippen LogP contribution >= 0.6 is 0 Å². The van der Waals surface area contributed by atoms with Gasteiger partial charge in [-0.3, -0.25) is 0 Å². The lowest BCUT2D eigenvalue weighted by Gasteiger charge is -2.43. The van der Waals surface area contributed by atoms with Gasteiger partial charge in [0.1, 0.15) is 0 Å². The third kappa shape index (κ3) is 2.05. The molecule has 2 rings (SSSR count). The molecule has 2 N–H and O–H groups in total. The van der Waals surface area contributed by atoms with Gasteiger partial charge in [0.15, 0.2) is 0 Å². The van der Waals surface area contributed by atoms with Gasteiger partial charge >= 0.3 is 0 Å². The molecule has 0 aromatic carbocycles. The average Bonchev–Trinajstić information content (AvgIpc) is 2.86. The van der Waals surface area contributed by atoms with Crippen LogP contribution in [0.3, 0.4) is 0 Å². The van der Waals surface area contributed by atoms with E-state index in [0.29, 0.717) is 0 Å². The topological polar surface area (TPSA) is 29.3 Å². The minimum atomic E-state index is 0.804. The Morgan fingerprint density at radius 1 is 1.23 bits per heavy atom. The molecule has 2 unspecified atom stereocenters. The molecule has 2 fully saturated rings. The smallest absolute Gasteiger partial charge is 0.0136 e. The molecule has 0 spiro atoms. The van der Waals surface area contributed by atoms with Crippen molar-refractivity contribution in [2.24, 2.45) is 17.6 Å². The van der Waals surface area contributed by atoms with E-state index in [1.165, 1.54) is 38.8 Å². The Bertz CT molecular complexity index is 163. The van der Waals surface area contributed by atoms with Gasteiger partial charge in [0.25, 0.3) is 0 Å². The minimum absolute atomic E-state index is 0.804. The predicted octanol–water partition coefficient (Wildman–Crippen LogP) is 1.46. The maximum absolute atomic E-state index is 5.74.